The number of carboxylic acid groups (broad SMARTS) is 1. The first-order chi connectivity index (χ1) is 9.99. The molecule has 0 saturated carbocycles. The maximum absolute atomic E-state index is 12.8. The SMILES string of the molecule is CC(C)n1c(SCC(=O)O)nc2sc3c(c2c1=O)CCC3. The molecule has 0 radical (unpaired) electrons. The lowest BCUT2D eigenvalue weighted by atomic mass is 10.2. The lowest BCUT2D eigenvalue weighted by Gasteiger charge is -2.14. The van der Waals surface area contributed by atoms with E-state index in [2.05, 4.69) is 4.98 Å². The van der Waals surface area contributed by atoms with Crippen molar-refractivity contribution in [3.63, 3.8) is 0 Å². The summed E-state index contributed by atoms with van der Waals surface area (Å²) in [5.74, 6) is -0.992. The highest BCUT2D eigenvalue weighted by Crippen LogP contribution is 2.35. The quantitative estimate of drug-likeness (QED) is 0.691. The maximum atomic E-state index is 12.8. The van der Waals surface area contributed by atoms with E-state index in [0.717, 1.165) is 46.8 Å². The average Bonchev–Trinajstić information content (AvgIpc) is 2.95. The molecule has 0 unspecified atom stereocenters. The van der Waals surface area contributed by atoms with Crippen LogP contribution in [0.4, 0.5) is 0 Å². The second kappa shape index (κ2) is 5.46. The van der Waals surface area contributed by atoms with E-state index in [4.69, 9.17) is 5.11 Å². The number of carbonyl (C=O) groups is 1. The van der Waals surface area contributed by atoms with Gasteiger partial charge in [0.05, 0.1) is 11.1 Å². The zero-order valence-corrected chi connectivity index (χ0v) is 13.5. The van der Waals surface area contributed by atoms with Crippen molar-refractivity contribution in [2.24, 2.45) is 0 Å². The number of hydrogen-bond acceptors (Lipinski definition) is 5. The van der Waals surface area contributed by atoms with Crippen LogP contribution in [-0.4, -0.2) is 26.4 Å². The summed E-state index contributed by atoms with van der Waals surface area (Å²) in [6.45, 7) is 3.85. The number of aromatic nitrogens is 2. The molecule has 0 fully saturated rings. The first kappa shape index (κ1) is 14.6. The highest BCUT2D eigenvalue weighted by atomic mass is 32.2. The summed E-state index contributed by atoms with van der Waals surface area (Å²) < 4.78 is 1.63. The first-order valence-electron chi connectivity index (χ1n) is 6.90. The third-order valence-electron chi connectivity index (χ3n) is 3.58. The molecular weight excluding hydrogens is 308 g/mol. The van der Waals surface area contributed by atoms with Crippen molar-refractivity contribution < 1.29 is 9.90 Å². The van der Waals surface area contributed by atoms with E-state index in [-0.39, 0.29) is 17.4 Å². The molecule has 5 nitrogen and oxygen atoms in total. The van der Waals surface area contributed by atoms with E-state index in [1.54, 1.807) is 15.9 Å². The third kappa shape index (κ3) is 2.48. The van der Waals surface area contributed by atoms with Crippen LogP contribution in [0.5, 0.6) is 0 Å². The maximum Gasteiger partial charge on any atom is 0.313 e. The summed E-state index contributed by atoms with van der Waals surface area (Å²) in [5.41, 5.74) is 1.14. The lowest BCUT2D eigenvalue weighted by molar-refractivity contribution is -0.133. The van der Waals surface area contributed by atoms with Crippen LogP contribution in [0.15, 0.2) is 9.95 Å². The molecule has 7 heteroatoms. The molecule has 1 aliphatic rings. The molecule has 3 rings (SSSR count). The minimum atomic E-state index is -0.904. The molecule has 0 bridgehead atoms. The summed E-state index contributed by atoms with van der Waals surface area (Å²) in [4.78, 5) is 30.2. The van der Waals surface area contributed by atoms with Gasteiger partial charge >= 0.3 is 5.97 Å². The molecule has 112 valence electrons. The number of thioether (sulfide) groups is 1. The van der Waals surface area contributed by atoms with Crippen LogP contribution >= 0.6 is 23.1 Å². The number of aryl methyl sites for hydroxylation is 2. The first-order valence-corrected chi connectivity index (χ1v) is 8.70. The molecule has 2 aromatic heterocycles. The standard InChI is InChI=1S/C14H16N2O3S2/c1-7(2)16-13(19)11-8-4-3-5-9(8)21-12(11)15-14(16)20-6-10(17)18/h7H,3-6H2,1-2H3,(H,17,18). The molecule has 0 atom stereocenters. The molecule has 0 aromatic carbocycles. The second-order valence-electron chi connectivity index (χ2n) is 5.38. The van der Waals surface area contributed by atoms with Gasteiger partial charge in [0.25, 0.3) is 5.56 Å². The molecule has 0 aliphatic heterocycles. The highest BCUT2D eigenvalue weighted by molar-refractivity contribution is 7.99. The zero-order valence-electron chi connectivity index (χ0n) is 11.9. The number of thiophene rings is 1. The van der Waals surface area contributed by atoms with Crippen LogP contribution in [0, 0.1) is 0 Å². The average molecular weight is 324 g/mol. The van der Waals surface area contributed by atoms with E-state index < -0.39 is 5.97 Å². The Bertz CT molecular complexity index is 777. The van der Waals surface area contributed by atoms with Gasteiger partial charge in [-0.1, -0.05) is 11.8 Å². The molecule has 2 aromatic rings. The summed E-state index contributed by atoms with van der Waals surface area (Å²) in [7, 11) is 0. The largest absolute Gasteiger partial charge is 0.481 e. The number of rotatable bonds is 4. The molecule has 1 aliphatic carbocycles. The predicted molar refractivity (Wildman–Crippen MR) is 84.6 cm³/mol. The Morgan fingerprint density at radius 1 is 1.48 bits per heavy atom. The van der Waals surface area contributed by atoms with Crippen molar-refractivity contribution in [1.29, 1.82) is 0 Å². The number of carboxylic acids is 1. The number of aliphatic carboxylic acids is 1. The summed E-state index contributed by atoms with van der Waals surface area (Å²) in [5, 5.41) is 10.1. The van der Waals surface area contributed by atoms with Gasteiger partial charge in [0.1, 0.15) is 4.83 Å². The van der Waals surface area contributed by atoms with Crippen molar-refractivity contribution in [2.45, 2.75) is 44.3 Å². The predicted octanol–water partition coefficient (Wildman–Crippen LogP) is 2.70. The Morgan fingerprint density at radius 2 is 2.24 bits per heavy atom. The molecule has 1 N–H and O–H groups in total. The van der Waals surface area contributed by atoms with Crippen molar-refractivity contribution in [3.05, 3.63) is 20.8 Å². The van der Waals surface area contributed by atoms with Gasteiger partial charge in [0, 0.05) is 10.9 Å². The van der Waals surface area contributed by atoms with E-state index in [9.17, 15) is 9.59 Å². The second-order valence-corrected chi connectivity index (χ2v) is 7.41. The van der Waals surface area contributed by atoms with Gasteiger partial charge < -0.3 is 5.11 Å². The van der Waals surface area contributed by atoms with Crippen molar-refractivity contribution in [3.8, 4) is 0 Å². The Labute approximate surface area is 130 Å². The van der Waals surface area contributed by atoms with Gasteiger partial charge in [0.15, 0.2) is 5.16 Å². The van der Waals surface area contributed by atoms with Crippen molar-refractivity contribution >= 4 is 39.3 Å². The van der Waals surface area contributed by atoms with Crippen LogP contribution < -0.4 is 5.56 Å². The van der Waals surface area contributed by atoms with Gasteiger partial charge in [-0.25, -0.2) is 4.98 Å². The minimum absolute atomic E-state index is 0.0257. The third-order valence-corrected chi connectivity index (χ3v) is 5.70. The minimum Gasteiger partial charge on any atom is -0.481 e. The van der Waals surface area contributed by atoms with E-state index in [1.807, 2.05) is 13.8 Å². The van der Waals surface area contributed by atoms with Crippen LogP contribution in [-0.2, 0) is 17.6 Å². The topological polar surface area (TPSA) is 72.2 Å². The Balaban J connectivity index is 2.21. The van der Waals surface area contributed by atoms with E-state index in [0.29, 0.717) is 5.16 Å². The Kier molecular flexibility index (Phi) is 3.79. The fourth-order valence-electron chi connectivity index (χ4n) is 2.72. The normalized spacial score (nSPS) is 14.0. The Morgan fingerprint density at radius 3 is 2.90 bits per heavy atom. The fraction of sp³-hybridized carbons (Fsp3) is 0.500. The van der Waals surface area contributed by atoms with E-state index in [1.165, 1.54) is 4.88 Å². The van der Waals surface area contributed by atoms with Gasteiger partial charge in [-0.2, -0.15) is 0 Å². The van der Waals surface area contributed by atoms with Crippen molar-refractivity contribution in [1.82, 2.24) is 9.55 Å². The molecule has 0 saturated heterocycles. The van der Waals surface area contributed by atoms with Crippen LogP contribution in [0.3, 0.4) is 0 Å². The van der Waals surface area contributed by atoms with Crippen LogP contribution in [0.25, 0.3) is 10.2 Å². The molecule has 0 spiro atoms. The molecule has 2 heterocycles. The molecule has 0 amide bonds. The highest BCUT2D eigenvalue weighted by Gasteiger charge is 2.24. The zero-order chi connectivity index (χ0) is 15.1. The van der Waals surface area contributed by atoms with Crippen LogP contribution in [0.2, 0.25) is 0 Å². The number of hydrogen-bond donors (Lipinski definition) is 1. The van der Waals surface area contributed by atoms with Gasteiger partial charge in [-0.15, -0.1) is 11.3 Å². The number of nitrogens with zero attached hydrogens (tertiary/aromatic N) is 2. The lowest BCUT2D eigenvalue weighted by Crippen LogP contribution is -2.25. The molecule has 21 heavy (non-hydrogen) atoms. The monoisotopic (exact) mass is 324 g/mol. The van der Waals surface area contributed by atoms with Gasteiger partial charge in [0.2, 0.25) is 0 Å². The van der Waals surface area contributed by atoms with Crippen LogP contribution in [0.1, 0.15) is 36.8 Å². The Hall–Kier alpha value is -1.34. The van der Waals surface area contributed by atoms with Gasteiger partial charge in [-0.05, 0) is 38.7 Å². The number of fused-ring (bicyclic) bond motifs is 3. The molecular formula is C14H16N2O3S2. The smallest absolute Gasteiger partial charge is 0.313 e. The fourth-order valence-corrected chi connectivity index (χ4v) is 4.87. The van der Waals surface area contributed by atoms with Crippen molar-refractivity contribution in [2.75, 3.05) is 5.75 Å². The van der Waals surface area contributed by atoms with Gasteiger partial charge in [-0.3, -0.25) is 14.2 Å². The summed E-state index contributed by atoms with van der Waals surface area (Å²) in [6.07, 6.45) is 3.08. The summed E-state index contributed by atoms with van der Waals surface area (Å²) in [6, 6.07) is -0.0392. The van der Waals surface area contributed by atoms with E-state index >= 15 is 0 Å². The summed E-state index contributed by atoms with van der Waals surface area (Å²) >= 11 is 2.70.